The number of thiazole rings is 1. The minimum Gasteiger partial charge on any atom is -0.479 e. The molecule has 1 aliphatic rings. The molecular weight excluding hydrogens is 494 g/mol. The first-order chi connectivity index (χ1) is 17.3. The number of rotatable bonds is 7. The Bertz CT molecular complexity index is 1540. The van der Waals surface area contributed by atoms with Gasteiger partial charge in [0, 0.05) is 4.90 Å². The van der Waals surface area contributed by atoms with Gasteiger partial charge in [0.1, 0.15) is 11.8 Å². The van der Waals surface area contributed by atoms with E-state index in [9.17, 15) is 9.59 Å². The van der Waals surface area contributed by atoms with Crippen LogP contribution in [-0.2, 0) is 9.53 Å². The molecule has 1 aromatic heterocycles. The van der Waals surface area contributed by atoms with Gasteiger partial charge in [-0.1, -0.05) is 35.6 Å². The highest BCUT2D eigenvalue weighted by molar-refractivity contribution is 7.98. The molecule has 0 spiro atoms. The number of nitriles is 1. The summed E-state index contributed by atoms with van der Waals surface area (Å²) in [7, 11) is 0. The zero-order chi connectivity index (χ0) is 25.8. The molecule has 0 amide bonds. The van der Waals surface area contributed by atoms with Gasteiger partial charge >= 0.3 is 5.97 Å². The average molecular weight is 520 g/mol. The summed E-state index contributed by atoms with van der Waals surface area (Å²) in [6.45, 7) is 5.29. The highest BCUT2D eigenvalue weighted by atomic mass is 32.2. The first-order valence-corrected chi connectivity index (χ1v) is 13.3. The molecule has 9 heteroatoms. The molecule has 2 aromatic carbocycles. The molecule has 0 unspecified atom stereocenters. The Morgan fingerprint density at radius 3 is 2.69 bits per heavy atom. The zero-order valence-electron chi connectivity index (χ0n) is 20.3. The molecule has 184 valence electrons. The van der Waals surface area contributed by atoms with Gasteiger partial charge in [-0.2, -0.15) is 5.26 Å². The van der Waals surface area contributed by atoms with Gasteiger partial charge in [-0.3, -0.25) is 9.36 Å². The molecule has 0 N–H and O–H groups in total. The standard InChI is InChI=1S/C27H25N3O4S2/c1-16(2)34-26(32)23-17(3)29-27-30(24(23)19-8-10-21(35-4)11-9-19)25(31)22(36-27)15-18-6-5-7-20(14-18)33-13-12-28/h5-11,14-16,24H,13H2,1-4H3/b22-15-/t24-/m1/s1. The lowest BCUT2D eigenvalue weighted by molar-refractivity contribution is -0.143. The van der Waals surface area contributed by atoms with Crippen LogP contribution < -0.4 is 19.6 Å². The van der Waals surface area contributed by atoms with Crippen molar-refractivity contribution < 1.29 is 14.3 Å². The lowest BCUT2D eigenvalue weighted by Crippen LogP contribution is -2.40. The number of nitrogens with zero attached hydrogens (tertiary/aromatic N) is 3. The number of thioether (sulfide) groups is 1. The Morgan fingerprint density at radius 2 is 2.03 bits per heavy atom. The molecule has 4 rings (SSSR count). The number of aromatic nitrogens is 1. The maximum atomic E-state index is 13.7. The molecule has 0 fully saturated rings. The predicted molar refractivity (Wildman–Crippen MR) is 141 cm³/mol. The summed E-state index contributed by atoms with van der Waals surface area (Å²) in [5.74, 6) is 0.0567. The maximum Gasteiger partial charge on any atom is 0.338 e. The topological polar surface area (TPSA) is 93.7 Å². The number of hydrogen-bond acceptors (Lipinski definition) is 8. The number of carbonyl (C=O) groups is 1. The van der Waals surface area contributed by atoms with Gasteiger partial charge in [-0.15, -0.1) is 11.8 Å². The summed E-state index contributed by atoms with van der Waals surface area (Å²) >= 11 is 2.88. The van der Waals surface area contributed by atoms with E-state index in [1.165, 1.54) is 11.3 Å². The predicted octanol–water partition coefficient (Wildman–Crippen LogP) is 3.81. The van der Waals surface area contributed by atoms with Gasteiger partial charge in [0.05, 0.1) is 27.9 Å². The van der Waals surface area contributed by atoms with Crippen molar-refractivity contribution in [2.75, 3.05) is 12.9 Å². The van der Waals surface area contributed by atoms with Crippen molar-refractivity contribution in [3.05, 3.63) is 90.6 Å². The average Bonchev–Trinajstić information content (AvgIpc) is 3.15. The summed E-state index contributed by atoms with van der Waals surface area (Å²) in [5.41, 5.74) is 2.19. The van der Waals surface area contributed by atoms with E-state index in [2.05, 4.69) is 4.99 Å². The van der Waals surface area contributed by atoms with Gasteiger partial charge < -0.3 is 9.47 Å². The van der Waals surface area contributed by atoms with Crippen molar-refractivity contribution in [2.24, 2.45) is 4.99 Å². The Hall–Kier alpha value is -3.61. The van der Waals surface area contributed by atoms with Crippen molar-refractivity contribution >= 4 is 35.1 Å². The first kappa shape index (κ1) is 25.5. The fourth-order valence-corrected chi connectivity index (χ4v) is 5.38. The quantitative estimate of drug-likeness (QED) is 0.348. The lowest BCUT2D eigenvalue weighted by atomic mass is 9.96. The molecule has 36 heavy (non-hydrogen) atoms. The molecule has 0 aliphatic carbocycles. The second-order valence-electron chi connectivity index (χ2n) is 8.33. The molecule has 0 bridgehead atoms. The Labute approximate surface area is 217 Å². The van der Waals surface area contributed by atoms with Gasteiger partial charge in [0.25, 0.3) is 5.56 Å². The molecule has 0 saturated heterocycles. The second kappa shape index (κ2) is 11.0. The third-order valence-corrected chi connectivity index (χ3v) is 7.20. The van der Waals surface area contributed by atoms with Gasteiger partial charge in [-0.25, -0.2) is 9.79 Å². The number of allylic oxidation sites excluding steroid dienone is 1. The first-order valence-electron chi connectivity index (χ1n) is 11.3. The fraction of sp³-hybridized carbons (Fsp3) is 0.259. The van der Waals surface area contributed by atoms with E-state index >= 15 is 0 Å². The fourth-order valence-electron chi connectivity index (χ4n) is 3.92. The van der Waals surface area contributed by atoms with E-state index in [1.54, 1.807) is 61.4 Å². The number of fused-ring (bicyclic) bond motifs is 1. The van der Waals surface area contributed by atoms with Crippen LogP contribution in [0, 0.1) is 11.3 Å². The maximum absolute atomic E-state index is 13.7. The van der Waals surface area contributed by atoms with Crippen LogP contribution in [-0.4, -0.2) is 29.5 Å². The molecule has 7 nitrogen and oxygen atoms in total. The van der Waals surface area contributed by atoms with E-state index < -0.39 is 12.0 Å². The molecular formula is C27H25N3O4S2. The van der Waals surface area contributed by atoms with Crippen LogP contribution in [0.4, 0.5) is 0 Å². The molecule has 1 aliphatic heterocycles. The van der Waals surface area contributed by atoms with Crippen molar-refractivity contribution in [2.45, 2.75) is 37.8 Å². The highest BCUT2D eigenvalue weighted by Gasteiger charge is 2.33. The van der Waals surface area contributed by atoms with Crippen LogP contribution in [0.2, 0.25) is 0 Å². The van der Waals surface area contributed by atoms with E-state index in [-0.39, 0.29) is 18.3 Å². The molecule has 0 saturated carbocycles. The lowest BCUT2D eigenvalue weighted by Gasteiger charge is -2.25. The van der Waals surface area contributed by atoms with E-state index in [1.807, 2.05) is 42.7 Å². The van der Waals surface area contributed by atoms with Gasteiger partial charge in [0.15, 0.2) is 11.4 Å². The SMILES string of the molecule is CSc1ccc([C@@H]2C(C(=O)OC(C)C)=C(C)N=c3s/c(=C\c4cccc(OCC#N)c4)c(=O)n32)cc1. The van der Waals surface area contributed by atoms with E-state index in [4.69, 9.17) is 14.7 Å². The second-order valence-corrected chi connectivity index (χ2v) is 10.2. The third kappa shape index (κ3) is 5.30. The van der Waals surface area contributed by atoms with E-state index in [0.717, 1.165) is 16.0 Å². The largest absolute Gasteiger partial charge is 0.479 e. The van der Waals surface area contributed by atoms with E-state index in [0.29, 0.717) is 26.4 Å². The molecule has 1 atom stereocenters. The molecule has 2 heterocycles. The Morgan fingerprint density at radius 1 is 1.28 bits per heavy atom. The van der Waals surface area contributed by atoms with Crippen molar-refractivity contribution in [1.29, 1.82) is 5.26 Å². The summed E-state index contributed by atoms with van der Waals surface area (Å²) in [6, 6.07) is 16.3. The minimum absolute atomic E-state index is 0.0600. The number of esters is 1. The smallest absolute Gasteiger partial charge is 0.338 e. The molecule has 0 radical (unpaired) electrons. The minimum atomic E-state index is -0.657. The monoisotopic (exact) mass is 519 g/mol. The Kier molecular flexibility index (Phi) is 7.77. The number of hydrogen-bond donors (Lipinski definition) is 0. The van der Waals surface area contributed by atoms with Crippen molar-refractivity contribution in [1.82, 2.24) is 4.57 Å². The highest BCUT2D eigenvalue weighted by Crippen LogP contribution is 2.32. The van der Waals surface area contributed by atoms with Crippen molar-refractivity contribution in [3.8, 4) is 11.8 Å². The van der Waals surface area contributed by atoms with Crippen LogP contribution in [0.5, 0.6) is 5.75 Å². The van der Waals surface area contributed by atoms with Crippen LogP contribution in [0.25, 0.3) is 6.08 Å². The summed E-state index contributed by atoms with van der Waals surface area (Å²) in [5, 5.41) is 8.77. The summed E-state index contributed by atoms with van der Waals surface area (Å²) in [4.78, 5) is 33.1. The summed E-state index contributed by atoms with van der Waals surface area (Å²) in [6.07, 6.45) is 3.45. The molecule has 3 aromatic rings. The van der Waals surface area contributed by atoms with Crippen LogP contribution >= 0.6 is 23.1 Å². The van der Waals surface area contributed by atoms with Crippen molar-refractivity contribution in [3.63, 3.8) is 0 Å². The zero-order valence-corrected chi connectivity index (χ0v) is 22.0. The van der Waals surface area contributed by atoms with Crippen LogP contribution in [0.15, 0.2) is 74.5 Å². The number of carbonyl (C=O) groups excluding carboxylic acids is 1. The Balaban J connectivity index is 1.88. The van der Waals surface area contributed by atoms with Gasteiger partial charge in [-0.05, 0) is 68.5 Å². The van der Waals surface area contributed by atoms with Gasteiger partial charge in [0.2, 0.25) is 0 Å². The number of benzene rings is 2. The summed E-state index contributed by atoms with van der Waals surface area (Å²) < 4.78 is 13.0. The normalized spacial score (nSPS) is 15.3. The van der Waals surface area contributed by atoms with Crippen LogP contribution in [0.1, 0.15) is 37.9 Å². The third-order valence-electron chi connectivity index (χ3n) is 5.48. The number of ether oxygens (including phenoxy) is 2. The van der Waals surface area contributed by atoms with Crippen LogP contribution in [0.3, 0.4) is 0 Å².